The van der Waals surface area contributed by atoms with Crippen LogP contribution >= 0.6 is 0 Å². The first kappa shape index (κ1) is 30.7. The van der Waals surface area contributed by atoms with E-state index in [1.165, 1.54) is 0 Å². The van der Waals surface area contributed by atoms with Crippen molar-refractivity contribution in [2.75, 3.05) is 26.7 Å². The summed E-state index contributed by atoms with van der Waals surface area (Å²) in [6, 6.07) is -0.286. The van der Waals surface area contributed by atoms with E-state index in [1.54, 1.807) is 4.31 Å². The highest BCUT2D eigenvalue weighted by molar-refractivity contribution is 7.90. The van der Waals surface area contributed by atoms with E-state index in [1.807, 2.05) is 19.2 Å². The molecule has 0 radical (unpaired) electrons. The van der Waals surface area contributed by atoms with Gasteiger partial charge in [0.05, 0.1) is 0 Å². The summed E-state index contributed by atoms with van der Waals surface area (Å²) in [6.07, 6.45) is 7.65. The Morgan fingerprint density at radius 3 is 2.33 bits per heavy atom. The number of carbonyl (C=O) groups excluding carboxylic acids is 4. The van der Waals surface area contributed by atoms with Crippen LogP contribution in [0, 0.1) is 5.92 Å². The summed E-state index contributed by atoms with van der Waals surface area (Å²) < 4.78 is 36.1. The van der Waals surface area contributed by atoms with Gasteiger partial charge < -0.3 is 31.3 Å². The number of hydrogen-bond donors (Lipinski definition) is 3. The van der Waals surface area contributed by atoms with Gasteiger partial charge in [0.15, 0.2) is 11.0 Å². The molecule has 0 aromatic rings. The summed E-state index contributed by atoms with van der Waals surface area (Å²) in [4.78, 5) is 54.3. The third-order valence-electron chi connectivity index (χ3n) is 9.65. The van der Waals surface area contributed by atoms with Crippen molar-refractivity contribution in [1.82, 2.24) is 19.4 Å². The summed E-state index contributed by atoms with van der Waals surface area (Å²) in [5, 5.41) is 2.80. The van der Waals surface area contributed by atoms with Crippen LogP contribution in [-0.2, 0) is 29.1 Å². The molecule has 234 valence electrons. The normalized spacial score (nSPS) is 34.5. The molecule has 0 spiro atoms. The fourth-order valence-corrected chi connectivity index (χ4v) is 9.70. The first-order valence-electron chi connectivity index (χ1n) is 15.2. The quantitative estimate of drug-likeness (QED) is 0.288. The third kappa shape index (κ3) is 5.52. The Balaban J connectivity index is 1.53. The van der Waals surface area contributed by atoms with E-state index >= 15 is 0 Å². The van der Waals surface area contributed by atoms with Crippen molar-refractivity contribution in [2.24, 2.45) is 17.4 Å². The number of piperidine rings is 1. The predicted octanol–water partition coefficient (Wildman–Crippen LogP) is 0.538. The van der Waals surface area contributed by atoms with E-state index in [9.17, 15) is 27.6 Å². The van der Waals surface area contributed by atoms with Crippen LogP contribution in [0.5, 0.6) is 0 Å². The van der Waals surface area contributed by atoms with E-state index < -0.39 is 56.3 Å². The molecule has 0 aromatic carbocycles. The predicted molar refractivity (Wildman–Crippen MR) is 153 cm³/mol. The van der Waals surface area contributed by atoms with Gasteiger partial charge in [-0.3, -0.25) is 14.4 Å². The first-order valence-corrected chi connectivity index (χ1v) is 16.7. The molecule has 2 aliphatic carbocycles. The molecule has 13 nitrogen and oxygen atoms in total. The summed E-state index contributed by atoms with van der Waals surface area (Å²) in [5.41, 5.74) is 9.00. The summed E-state index contributed by atoms with van der Waals surface area (Å²) in [6.45, 7) is 1.59. The average Bonchev–Trinajstić information content (AvgIpc) is 3.84. The standard InChI is InChI=1S/C28H44N6O7S/c1-32-16-12-21(13-17-32)34(20-10-11-20)42(39,40)28-18-19(28)8-5-3-2-4-6-9-22(41-26(30)38)23(35)33-15-7-14-27(33,24(29)36)25(37)31-28/h5,8,19-22H,2-4,6-7,9-18H2,1H3,(H2,29,36)(H2,30,38)(H,31,37)/b8-5-. The highest BCUT2D eigenvalue weighted by Crippen LogP contribution is 2.53. The van der Waals surface area contributed by atoms with E-state index in [2.05, 4.69) is 10.2 Å². The van der Waals surface area contributed by atoms with Crippen molar-refractivity contribution in [2.45, 2.75) is 106 Å². The maximum absolute atomic E-state index is 14.7. The van der Waals surface area contributed by atoms with Gasteiger partial charge in [0.1, 0.15) is 0 Å². The number of nitrogens with one attached hydrogen (secondary N) is 1. The molecule has 2 saturated heterocycles. The molecule has 4 unspecified atom stereocenters. The van der Waals surface area contributed by atoms with Gasteiger partial charge in [-0.2, -0.15) is 4.31 Å². The molecular weight excluding hydrogens is 564 g/mol. The molecule has 5 aliphatic rings. The van der Waals surface area contributed by atoms with Gasteiger partial charge in [0.2, 0.25) is 15.6 Å². The number of rotatable bonds is 6. The monoisotopic (exact) mass is 608 g/mol. The lowest BCUT2D eigenvalue weighted by Gasteiger charge is -2.40. The van der Waals surface area contributed by atoms with Crippen LogP contribution in [0.2, 0.25) is 0 Å². The van der Waals surface area contributed by atoms with Crippen molar-refractivity contribution in [3.8, 4) is 0 Å². The lowest BCUT2D eigenvalue weighted by molar-refractivity contribution is -0.157. The SMILES string of the molecule is CN1CCC(N(C2CC2)S(=O)(=O)C23CC2/C=C\CCCCCC(OC(N)=O)C(=O)N2CCCC2(C(N)=O)C(=O)N3)CC1. The van der Waals surface area contributed by atoms with Crippen molar-refractivity contribution in [3.05, 3.63) is 12.2 Å². The number of carbonyl (C=O) groups is 4. The average molecular weight is 609 g/mol. The first-order chi connectivity index (χ1) is 19.9. The van der Waals surface area contributed by atoms with Gasteiger partial charge >= 0.3 is 6.09 Å². The van der Waals surface area contributed by atoms with Crippen molar-refractivity contribution in [1.29, 1.82) is 0 Å². The highest BCUT2D eigenvalue weighted by atomic mass is 32.2. The van der Waals surface area contributed by atoms with Gasteiger partial charge in [-0.25, -0.2) is 13.2 Å². The Hall–Kier alpha value is -2.71. The Morgan fingerprint density at radius 1 is 1.00 bits per heavy atom. The van der Waals surface area contributed by atoms with Crippen LogP contribution in [0.1, 0.15) is 77.0 Å². The molecule has 2 saturated carbocycles. The smallest absolute Gasteiger partial charge is 0.405 e. The van der Waals surface area contributed by atoms with E-state index in [0.29, 0.717) is 25.7 Å². The Labute approximate surface area is 247 Å². The van der Waals surface area contributed by atoms with E-state index in [0.717, 1.165) is 43.7 Å². The molecule has 0 bridgehead atoms. The lowest BCUT2D eigenvalue weighted by atomic mass is 9.92. The lowest BCUT2D eigenvalue weighted by Crippen LogP contribution is -2.68. The second-order valence-electron chi connectivity index (χ2n) is 12.6. The van der Waals surface area contributed by atoms with Gasteiger partial charge in [0, 0.05) is 24.5 Å². The Kier molecular flexibility index (Phi) is 8.61. The number of amides is 4. The number of fused-ring (bicyclic) bond motifs is 2. The third-order valence-corrected chi connectivity index (χ3v) is 12.3. The Morgan fingerprint density at radius 2 is 1.69 bits per heavy atom. The van der Waals surface area contributed by atoms with Crippen LogP contribution in [0.3, 0.4) is 0 Å². The van der Waals surface area contributed by atoms with Crippen LogP contribution < -0.4 is 16.8 Å². The number of ether oxygens (including phenoxy) is 1. The van der Waals surface area contributed by atoms with Gasteiger partial charge in [0.25, 0.3) is 17.7 Å². The second kappa shape index (κ2) is 11.8. The number of likely N-dealkylation sites (tertiary alicyclic amines) is 1. The molecule has 3 heterocycles. The zero-order valence-electron chi connectivity index (χ0n) is 24.3. The molecule has 42 heavy (non-hydrogen) atoms. The fourth-order valence-electron chi connectivity index (χ4n) is 7.05. The molecule has 3 aliphatic heterocycles. The van der Waals surface area contributed by atoms with Crippen molar-refractivity contribution < 1.29 is 32.3 Å². The number of sulfonamides is 1. The van der Waals surface area contributed by atoms with Crippen molar-refractivity contribution >= 4 is 33.8 Å². The molecule has 5 rings (SSSR count). The molecular formula is C28H44N6O7S. The number of primary amides is 2. The molecule has 14 heteroatoms. The largest absolute Gasteiger partial charge is 0.436 e. The zero-order chi connectivity index (χ0) is 30.3. The molecule has 0 aromatic heterocycles. The van der Waals surface area contributed by atoms with Gasteiger partial charge in [-0.15, -0.1) is 0 Å². The maximum Gasteiger partial charge on any atom is 0.405 e. The van der Waals surface area contributed by atoms with Crippen molar-refractivity contribution in [3.63, 3.8) is 0 Å². The molecule has 4 amide bonds. The molecule has 4 atom stereocenters. The number of hydrogen-bond acceptors (Lipinski definition) is 8. The number of nitrogens with two attached hydrogens (primary N) is 2. The zero-order valence-corrected chi connectivity index (χ0v) is 25.1. The summed E-state index contributed by atoms with van der Waals surface area (Å²) in [7, 11) is -2.06. The van der Waals surface area contributed by atoms with Crippen LogP contribution in [0.25, 0.3) is 0 Å². The highest BCUT2D eigenvalue weighted by Gasteiger charge is 2.69. The summed E-state index contributed by atoms with van der Waals surface area (Å²) in [5.74, 6) is -3.18. The van der Waals surface area contributed by atoms with E-state index in [-0.39, 0.29) is 44.3 Å². The minimum atomic E-state index is -4.08. The Bertz CT molecular complexity index is 1230. The van der Waals surface area contributed by atoms with Gasteiger partial charge in [-0.05, 0) is 90.8 Å². The molecule has 4 fully saturated rings. The van der Waals surface area contributed by atoms with Crippen LogP contribution in [0.15, 0.2) is 12.2 Å². The summed E-state index contributed by atoms with van der Waals surface area (Å²) >= 11 is 0. The van der Waals surface area contributed by atoms with Crippen LogP contribution in [-0.4, -0.2) is 102 Å². The topological polar surface area (TPSA) is 185 Å². The fraction of sp³-hybridized carbons (Fsp3) is 0.786. The van der Waals surface area contributed by atoms with E-state index in [4.69, 9.17) is 16.2 Å². The minimum absolute atomic E-state index is 0.0285. The van der Waals surface area contributed by atoms with Crippen LogP contribution in [0.4, 0.5) is 4.79 Å². The molecule has 5 N–H and O–H groups in total. The minimum Gasteiger partial charge on any atom is -0.436 e. The second-order valence-corrected chi connectivity index (χ2v) is 14.7. The van der Waals surface area contributed by atoms with Gasteiger partial charge in [-0.1, -0.05) is 18.6 Å². The number of allylic oxidation sites excluding steroid dienone is 1. The number of nitrogens with zero attached hydrogens (tertiary/aromatic N) is 3. The maximum atomic E-state index is 14.7.